The Kier molecular flexibility index (Phi) is 9.53. The van der Waals surface area contributed by atoms with Crippen molar-refractivity contribution in [3.8, 4) is 5.75 Å². The summed E-state index contributed by atoms with van der Waals surface area (Å²) in [5.74, 6) is 0.0540. The van der Waals surface area contributed by atoms with Crippen LogP contribution in [0.15, 0.2) is 36.4 Å². The molecule has 0 aliphatic carbocycles. The van der Waals surface area contributed by atoms with E-state index in [4.69, 9.17) is 15.6 Å². The standard InChI is InChI=1S/C26H38N4O4/c1-3-20(9-12-28-25(32)19(2)18-31)23-17-22(7-8-24(23)27)34-26(33)30-15-10-21(11-16-30)29-13-5-4-6-14-29/h7-9,17,21,31H,2-6,10-16,18,27H2,1H3,(H,28,32)/b20-9+. The van der Waals surface area contributed by atoms with Gasteiger partial charge in [0.05, 0.1) is 6.61 Å². The van der Waals surface area contributed by atoms with Gasteiger partial charge in [0, 0.05) is 42.5 Å². The number of nitrogens with two attached hydrogens (primary N) is 1. The molecular weight excluding hydrogens is 432 g/mol. The molecule has 1 aromatic rings. The SMILES string of the molecule is C=C(CO)C(=O)NC/C=C(\CC)c1cc(OC(=O)N2CCC(N3CCCCC3)CC2)ccc1N. The number of carbonyl (C=O) groups excluding carboxylic acids is 2. The van der Waals surface area contributed by atoms with Crippen LogP contribution in [0, 0.1) is 0 Å². The molecule has 0 spiro atoms. The maximum atomic E-state index is 12.8. The van der Waals surface area contributed by atoms with Crippen LogP contribution in [0.1, 0.15) is 51.0 Å². The lowest BCUT2D eigenvalue weighted by Gasteiger charge is -2.39. The second kappa shape index (κ2) is 12.6. The summed E-state index contributed by atoms with van der Waals surface area (Å²) < 4.78 is 5.70. The maximum Gasteiger partial charge on any atom is 0.415 e. The first kappa shape index (κ1) is 25.8. The zero-order valence-electron chi connectivity index (χ0n) is 20.2. The summed E-state index contributed by atoms with van der Waals surface area (Å²) in [6.45, 7) is 9.17. The molecule has 1 aromatic carbocycles. The van der Waals surface area contributed by atoms with E-state index < -0.39 is 5.91 Å². The number of carbonyl (C=O) groups is 2. The van der Waals surface area contributed by atoms with Crippen LogP contribution in [0.3, 0.4) is 0 Å². The number of aliphatic hydroxyl groups excluding tert-OH is 1. The Bertz CT molecular complexity index is 900. The number of benzene rings is 1. The first-order valence-electron chi connectivity index (χ1n) is 12.3. The number of rotatable bonds is 8. The Hall–Kier alpha value is -2.84. The van der Waals surface area contributed by atoms with E-state index in [9.17, 15) is 9.59 Å². The van der Waals surface area contributed by atoms with E-state index in [2.05, 4.69) is 16.8 Å². The molecule has 2 fully saturated rings. The molecule has 4 N–H and O–H groups in total. The quantitative estimate of drug-likeness (QED) is 0.398. The summed E-state index contributed by atoms with van der Waals surface area (Å²) in [7, 11) is 0. The molecule has 2 aliphatic heterocycles. The smallest absolute Gasteiger partial charge is 0.410 e. The van der Waals surface area contributed by atoms with Crippen LogP contribution in [-0.2, 0) is 4.79 Å². The predicted octanol–water partition coefficient (Wildman–Crippen LogP) is 3.18. The number of anilines is 1. The molecule has 2 heterocycles. The minimum Gasteiger partial charge on any atom is -0.410 e. The summed E-state index contributed by atoms with van der Waals surface area (Å²) in [6, 6.07) is 5.78. The largest absolute Gasteiger partial charge is 0.415 e. The summed E-state index contributed by atoms with van der Waals surface area (Å²) in [5.41, 5.74) is 8.57. The Morgan fingerprint density at radius 3 is 2.56 bits per heavy atom. The first-order chi connectivity index (χ1) is 16.4. The number of ether oxygens (including phenoxy) is 1. The van der Waals surface area contributed by atoms with Crippen LogP contribution >= 0.6 is 0 Å². The van der Waals surface area contributed by atoms with E-state index in [1.54, 1.807) is 23.1 Å². The molecule has 0 radical (unpaired) electrons. The van der Waals surface area contributed by atoms with Crippen LogP contribution in [0.2, 0.25) is 0 Å². The normalized spacial score (nSPS) is 17.9. The lowest BCUT2D eigenvalue weighted by atomic mass is 10.00. The fraction of sp³-hybridized carbons (Fsp3) is 0.538. The molecule has 0 unspecified atom stereocenters. The van der Waals surface area contributed by atoms with Gasteiger partial charge in [-0.3, -0.25) is 4.79 Å². The van der Waals surface area contributed by atoms with Gasteiger partial charge >= 0.3 is 6.09 Å². The lowest BCUT2D eigenvalue weighted by Crippen LogP contribution is -2.48. The van der Waals surface area contributed by atoms with Crippen LogP contribution in [0.5, 0.6) is 5.75 Å². The molecule has 8 heteroatoms. The number of nitrogens with zero attached hydrogens (tertiary/aromatic N) is 2. The van der Waals surface area contributed by atoms with Gasteiger partial charge in [-0.05, 0) is 69.0 Å². The molecule has 34 heavy (non-hydrogen) atoms. The van der Waals surface area contributed by atoms with Gasteiger partial charge in [0.1, 0.15) is 5.75 Å². The van der Waals surface area contributed by atoms with Gasteiger partial charge in [-0.25, -0.2) is 4.79 Å². The van der Waals surface area contributed by atoms with E-state index in [1.165, 1.54) is 32.4 Å². The topological polar surface area (TPSA) is 108 Å². The van der Waals surface area contributed by atoms with E-state index in [0.717, 1.165) is 24.0 Å². The minimum atomic E-state index is -0.395. The van der Waals surface area contributed by atoms with Crippen molar-refractivity contribution in [2.24, 2.45) is 0 Å². The third-order valence-electron chi connectivity index (χ3n) is 6.71. The number of piperidine rings is 2. The first-order valence-corrected chi connectivity index (χ1v) is 12.3. The number of likely N-dealkylation sites (tertiary alicyclic amines) is 2. The monoisotopic (exact) mass is 470 g/mol. The Morgan fingerprint density at radius 2 is 1.91 bits per heavy atom. The minimum absolute atomic E-state index is 0.111. The van der Waals surface area contributed by atoms with E-state index in [1.807, 2.05) is 13.0 Å². The molecule has 0 saturated carbocycles. The fourth-order valence-corrected chi connectivity index (χ4v) is 4.65. The van der Waals surface area contributed by atoms with Crippen LogP contribution in [0.4, 0.5) is 10.5 Å². The molecular formula is C26H38N4O4. The Labute approximate surface area is 202 Å². The number of hydrogen-bond acceptors (Lipinski definition) is 6. The molecule has 0 aromatic heterocycles. The molecule has 0 atom stereocenters. The molecule has 2 saturated heterocycles. The molecule has 8 nitrogen and oxygen atoms in total. The molecule has 2 amide bonds. The second-order valence-electron chi connectivity index (χ2n) is 8.99. The highest BCUT2D eigenvalue weighted by molar-refractivity contribution is 5.93. The summed E-state index contributed by atoms with van der Waals surface area (Å²) in [5, 5.41) is 11.7. The average molecular weight is 471 g/mol. The van der Waals surface area contributed by atoms with Gasteiger partial charge in [0.15, 0.2) is 0 Å². The average Bonchev–Trinajstić information content (AvgIpc) is 2.88. The Balaban J connectivity index is 1.58. The van der Waals surface area contributed by atoms with Crippen molar-refractivity contribution in [2.45, 2.75) is 51.5 Å². The van der Waals surface area contributed by atoms with Crippen molar-refractivity contribution in [1.29, 1.82) is 0 Å². The third kappa shape index (κ3) is 6.84. The van der Waals surface area contributed by atoms with Gasteiger partial charge < -0.3 is 30.7 Å². The van der Waals surface area contributed by atoms with Crippen molar-refractivity contribution >= 4 is 23.3 Å². The van der Waals surface area contributed by atoms with Crippen molar-refractivity contribution < 1.29 is 19.4 Å². The zero-order chi connectivity index (χ0) is 24.5. The fourth-order valence-electron chi connectivity index (χ4n) is 4.65. The van der Waals surface area contributed by atoms with Crippen molar-refractivity contribution in [1.82, 2.24) is 15.1 Å². The highest BCUT2D eigenvalue weighted by atomic mass is 16.6. The molecule has 0 bridgehead atoms. The van der Waals surface area contributed by atoms with Gasteiger partial charge in [0.25, 0.3) is 0 Å². The van der Waals surface area contributed by atoms with Crippen molar-refractivity contribution in [2.75, 3.05) is 45.1 Å². The van der Waals surface area contributed by atoms with Crippen LogP contribution in [0.25, 0.3) is 5.57 Å². The maximum absolute atomic E-state index is 12.8. The van der Waals surface area contributed by atoms with E-state index in [-0.39, 0.29) is 24.8 Å². The van der Waals surface area contributed by atoms with E-state index in [0.29, 0.717) is 37.0 Å². The van der Waals surface area contributed by atoms with Gasteiger partial charge in [-0.2, -0.15) is 0 Å². The van der Waals surface area contributed by atoms with Crippen LogP contribution < -0.4 is 15.8 Å². The highest BCUT2D eigenvalue weighted by Gasteiger charge is 2.28. The summed E-state index contributed by atoms with van der Waals surface area (Å²) >= 11 is 0. The number of hydrogen-bond donors (Lipinski definition) is 3. The molecule has 3 rings (SSSR count). The van der Waals surface area contributed by atoms with Crippen LogP contribution in [-0.4, -0.2) is 72.3 Å². The van der Waals surface area contributed by atoms with Gasteiger partial charge in [0.2, 0.25) is 5.91 Å². The zero-order valence-corrected chi connectivity index (χ0v) is 20.2. The molecule has 2 aliphatic rings. The third-order valence-corrected chi connectivity index (χ3v) is 6.71. The lowest BCUT2D eigenvalue weighted by molar-refractivity contribution is -0.117. The van der Waals surface area contributed by atoms with E-state index >= 15 is 0 Å². The second-order valence-corrected chi connectivity index (χ2v) is 8.99. The number of nitrogens with one attached hydrogen (secondary N) is 1. The van der Waals surface area contributed by atoms with Crippen molar-refractivity contribution in [3.05, 3.63) is 42.0 Å². The number of nitrogen functional groups attached to an aromatic ring is 1. The summed E-state index contributed by atoms with van der Waals surface area (Å²) in [4.78, 5) is 29.0. The number of amides is 2. The number of allylic oxidation sites excluding steroid dienone is 1. The number of aliphatic hydroxyl groups is 1. The van der Waals surface area contributed by atoms with Gasteiger partial charge in [-0.1, -0.05) is 26.0 Å². The Morgan fingerprint density at radius 1 is 1.21 bits per heavy atom. The molecule has 186 valence electrons. The highest BCUT2D eigenvalue weighted by Crippen LogP contribution is 2.29. The van der Waals surface area contributed by atoms with Gasteiger partial charge in [-0.15, -0.1) is 0 Å². The van der Waals surface area contributed by atoms with Crippen molar-refractivity contribution in [3.63, 3.8) is 0 Å². The summed E-state index contributed by atoms with van der Waals surface area (Å²) in [6.07, 6.45) is 8.07. The predicted molar refractivity (Wildman–Crippen MR) is 134 cm³/mol.